The van der Waals surface area contributed by atoms with Crippen LogP contribution in [0.4, 0.5) is 0 Å². The quantitative estimate of drug-likeness (QED) is 0.261. The Morgan fingerprint density at radius 3 is 2.11 bits per heavy atom. The van der Waals surface area contributed by atoms with Gasteiger partial charge in [0.25, 0.3) is 0 Å². The highest BCUT2D eigenvalue weighted by atomic mass is 16.6. The normalized spacial score (nSPS) is 45.3. The molecule has 1 N–H and O–H groups in total. The Hall–Kier alpha value is -2.46. The Morgan fingerprint density at radius 2 is 1.58 bits per heavy atom. The summed E-state index contributed by atoms with van der Waals surface area (Å²) in [5, 5.41) is 12.3. The zero-order chi connectivity index (χ0) is 26.6. The van der Waals surface area contributed by atoms with Crippen molar-refractivity contribution in [2.75, 3.05) is 6.61 Å². The van der Waals surface area contributed by atoms with Gasteiger partial charge >= 0.3 is 23.9 Å². The van der Waals surface area contributed by atoms with Crippen LogP contribution in [0, 0.1) is 17.3 Å². The van der Waals surface area contributed by atoms with Gasteiger partial charge in [-0.15, -0.1) is 0 Å². The molecule has 0 bridgehead atoms. The maximum Gasteiger partial charge on any atom is 0.312 e. The maximum absolute atomic E-state index is 12.8. The molecule has 200 valence electrons. The molecule has 4 rings (SSSR count). The number of hydrogen-bond acceptors (Lipinski definition) is 10. The number of esters is 4. The van der Waals surface area contributed by atoms with Crippen LogP contribution in [0.5, 0.6) is 0 Å². The predicted octanol–water partition coefficient (Wildman–Crippen LogP) is 2.00. The number of carbonyl (C=O) groups is 4. The SMILES string of the molecule is CC(=O)O[C@H]1CC/C(C)=C\[C@@H]2OC(=O)[C@H](C)[C@@]2(O)[C@H](OC(C)=O)[C@H]2[C@@]3(CC[C@H](OC(C)=O)[C@]12C)CO3. The number of rotatable bonds is 3. The molecule has 10 nitrogen and oxygen atoms in total. The molecular formula is C26H36O10. The van der Waals surface area contributed by atoms with Crippen LogP contribution in [0.15, 0.2) is 11.6 Å². The van der Waals surface area contributed by atoms with Gasteiger partial charge in [-0.1, -0.05) is 12.5 Å². The number of aliphatic hydroxyl groups is 1. The molecule has 2 aliphatic heterocycles. The average Bonchev–Trinajstić information content (AvgIpc) is 3.50. The lowest BCUT2D eigenvalue weighted by molar-refractivity contribution is -0.242. The minimum absolute atomic E-state index is 0.323. The fourth-order valence-corrected chi connectivity index (χ4v) is 6.76. The molecule has 0 aromatic heterocycles. The van der Waals surface area contributed by atoms with E-state index in [1.54, 1.807) is 13.0 Å². The molecule has 0 unspecified atom stereocenters. The summed E-state index contributed by atoms with van der Waals surface area (Å²) in [5.74, 6) is -4.10. The first-order valence-corrected chi connectivity index (χ1v) is 12.5. The Bertz CT molecular complexity index is 983. The summed E-state index contributed by atoms with van der Waals surface area (Å²) in [7, 11) is 0. The van der Waals surface area contributed by atoms with Crippen molar-refractivity contribution in [3.05, 3.63) is 11.6 Å². The van der Waals surface area contributed by atoms with Crippen LogP contribution in [-0.4, -0.2) is 71.2 Å². The molecule has 9 atom stereocenters. The Balaban J connectivity index is 2.00. The van der Waals surface area contributed by atoms with E-state index in [1.165, 1.54) is 20.8 Å². The van der Waals surface area contributed by atoms with E-state index in [4.69, 9.17) is 23.7 Å². The first-order valence-electron chi connectivity index (χ1n) is 12.5. The van der Waals surface area contributed by atoms with Gasteiger partial charge in [0.1, 0.15) is 18.3 Å². The van der Waals surface area contributed by atoms with E-state index in [0.717, 1.165) is 5.57 Å². The molecule has 0 aromatic carbocycles. The summed E-state index contributed by atoms with van der Waals surface area (Å²) in [6.45, 7) is 9.38. The lowest BCUT2D eigenvalue weighted by Crippen LogP contribution is -2.69. The summed E-state index contributed by atoms with van der Waals surface area (Å²) in [6, 6.07) is 0. The van der Waals surface area contributed by atoms with Gasteiger partial charge in [0.2, 0.25) is 0 Å². The Kier molecular flexibility index (Phi) is 6.75. The van der Waals surface area contributed by atoms with Crippen molar-refractivity contribution in [1.29, 1.82) is 0 Å². The van der Waals surface area contributed by atoms with Crippen LogP contribution in [0.1, 0.15) is 67.2 Å². The number of allylic oxidation sites excluding steroid dienone is 1. The molecule has 0 amide bonds. The van der Waals surface area contributed by atoms with Crippen molar-refractivity contribution in [3.63, 3.8) is 0 Å². The first kappa shape index (κ1) is 26.6. The summed E-state index contributed by atoms with van der Waals surface area (Å²) >= 11 is 0. The standard InChI is InChI=1S/C26H36O10/c1-13-7-8-18(33-15(3)27)24(6)19(34-16(4)28)9-10-25(12-32-25)21(24)22(35-17(5)29)26(31)14(2)23(30)36-20(26)11-13/h11,14,18-22,31H,7-10,12H2,1-6H3/b13-11-/t14-,18-,19-,20-,21+,22+,24-,25+,26-/m0/s1. The molecule has 2 saturated heterocycles. The van der Waals surface area contributed by atoms with E-state index in [1.807, 2.05) is 13.8 Å². The fourth-order valence-electron chi connectivity index (χ4n) is 6.76. The summed E-state index contributed by atoms with van der Waals surface area (Å²) < 4.78 is 29.2. The molecular weight excluding hydrogens is 472 g/mol. The van der Waals surface area contributed by atoms with Gasteiger partial charge in [0, 0.05) is 26.7 Å². The van der Waals surface area contributed by atoms with Crippen LogP contribution in [0.2, 0.25) is 0 Å². The number of carbonyl (C=O) groups excluding carboxylic acids is 4. The summed E-state index contributed by atoms with van der Waals surface area (Å²) in [4.78, 5) is 49.8. The van der Waals surface area contributed by atoms with Crippen LogP contribution >= 0.6 is 0 Å². The van der Waals surface area contributed by atoms with Crippen LogP contribution in [-0.2, 0) is 42.9 Å². The number of epoxide rings is 1. The minimum Gasteiger partial charge on any atom is -0.462 e. The van der Waals surface area contributed by atoms with E-state index >= 15 is 0 Å². The first-order chi connectivity index (χ1) is 16.8. The molecule has 4 aliphatic rings. The second kappa shape index (κ2) is 9.13. The topological polar surface area (TPSA) is 138 Å². The van der Waals surface area contributed by atoms with Crippen molar-refractivity contribution in [3.8, 4) is 0 Å². The monoisotopic (exact) mass is 508 g/mol. The van der Waals surface area contributed by atoms with Gasteiger partial charge in [-0.2, -0.15) is 0 Å². The van der Waals surface area contributed by atoms with Gasteiger partial charge in [0.15, 0.2) is 11.7 Å². The predicted molar refractivity (Wildman–Crippen MR) is 123 cm³/mol. The highest BCUT2D eigenvalue weighted by molar-refractivity contribution is 5.77. The number of fused-ring (bicyclic) bond motifs is 3. The van der Waals surface area contributed by atoms with Crippen LogP contribution in [0.25, 0.3) is 0 Å². The van der Waals surface area contributed by atoms with E-state index in [2.05, 4.69) is 0 Å². The molecule has 0 aromatic rings. The largest absolute Gasteiger partial charge is 0.462 e. The van der Waals surface area contributed by atoms with Gasteiger partial charge < -0.3 is 28.8 Å². The maximum atomic E-state index is 12.8. The minimum atomic E-state index is -1.94. The van der Waals surface area contributed by atoms with E-state index in [0.29, 0.717) is 32.3 Å². The van der Waals surface area contributed by atoms with E-state index in [9.17, 15) is 24.3 Å². The van der Waals surface area contributed by atoms with Crippen molar-refractivity contribution < 1.29 is 48.0 Å². The van der Waals surface area contributed by atoms with Crippen LogP contribution in [0.3, 0.4) is 0 Å². The number of hydrogen-bond donors (Lipinski definition) is 1. The van der Waals surface area contributed by atoms with Crippen molar-refractivity contribution in [2.24, 2.45) is 17.3 Å². The van der Waals surface area contributed by atoms with Gasteiger partial charge in [0.05, 0.1) is 23.5 Å². The molecule has 1 spiro atoms. The molecule has 3 fully saturated rings. The average molecular weight is 509 g/mol. The molecule has 2 aliphatic carbocycles. The fraction of sp³-hybridized carbons (Fsp3) is 0.769. The van der Waals surface area contributed by atoms with Gasteiger partial charge in [-0.05, 0) is 45.6 Å². The summed E-state index contributed by atoms with van der Waals surface area (Å²) in [6.07, 6.45) is -0.416. The zero-order valence-corrected chi connectivity index (χ0v) is 21.7. The van der Waals surface area contributed by atoms with Crippen LogP contribution < -0.4 is 0 Å². The van der Waals surface area contributed by atoms with Crippen molar-refractivity contribution in [1.82, 2.24) is 0 Å². The second-order valence-electron chi connectivity index (χ2n) is 11.0. The molecule has 36 heavy (non-hydrogen) atoms. The summed E-state index contributed by atoms with van der Waals surface area (Å²) in [5.41, 5.74) is -3.09. The van der Waals surface area contributed by atoms with Crippen molar-refractivity contribution in [2.45, 2.75) is 103 Å². The molecule has 2 heterocycles. The third-order valence-electron chi connectivity index (χ3n) is 8.62. The highest BCUT2D eigenvalue weighted by Crippen LogP contribution is 2.62. The second-order valence-corrected chi connectivity index (χ2v) is 11.0. The molecule has 0 radical (unpaired) electrons. The van der Waals surface area contributed by atoms with Gasteiger partial charge in [-0.25, -0.2) is 0 Å². The smallest absolute Gasteiger partial charge is 0.312 e. The third kappa shape index (κ3) is 4.22. The number of ether oxygens (including phenoxy) is 5. The molecule has 10 heteroatoms. The highest BCUT2D eigenvalue weighted by Gasteiger charge is 2.74. The lowest BCUT2D eigenvalue weighted by Gasteiger charge is -2.56. The van der Waals surface area contributed by atoms with E-state index < -0.39 is 76.7 Å². The van der Waals surface area contributed by atoms with E-state index in [-0.39, 0.29) is 0 Å². The zero-order valence-electron chi connectivity index (χ0n) is 21.7. The lowest BCUT2D eigenvalue weighted by atomic mass is 9.52. The third-order valence-corrected chi connectivity index (χ3v) is 8.62. The Labute approximate surface area is 210 Å². The Morgan fingerprint density at radius 1 is 1.03 bits per heavy atom. The van der Waals surface area contributed by atoms with Gasteiger partial charge in [-0.3, -0.25) is 19.2 Å². The molecule has 1 saturated carbocycles. The van der Waals surface area contributed by atoms with Crippen molar-refractivity contribution >= 4 is 23.9 Å².